The fourth-order valence-electron chi connectivity index (χ4n) is 1.97. The van der Waals surface area contributed by atoms with Crippen LogP contribution in [0.3, 0.4) is 0 Å². The van der Waals surface area contributed by atoms with Crippen LogP contribution in [0.2, 0.25) is 0 Å². The number of amides is 2. The molecule has 21 heavy (non-hydrogen) atoms. The molecule has 6 nitrogen and oxygen atoms in total. The normalized spacial score (nSPS) is 17.2. The number of nitrogens with one attached hydrogen (secondary N) is 2. The van der Waals surface area contributed by atoms with E-state index in [2.05, 4.69) is 10.6 Å². The Hall–Kier alpha value is -2.02. The Labute approximate surface area is 126 Å². The lowest BCUT2D eigenvalue weighted by atomic mass is 10.1. The third-order valence-corrected chi connectivity index (χ3v) is 4.14. The van der Waals surface area contributed by atoms with Crippen LogP contribution in [-0.4, -0.2) is 36.0 Å². The molecule has 2 N–H and O–H groups in total. The Morgan fingerprint density at radius 2 is 2.24 bits per heavy atom. The predicted molar refractivity (Wildman–Crippen MR) is 80.2 cm³/mol. The van der Waals surface area contributed by atoms with Gasteiger partial charge < -0.3 is 15.4 Å². The molecule has 1 aromatic carbocycles. The summed E-state index contributed by atoms with van der Waals surface area (Å²) in [6.45, 7) is 1.84. The zero-order chi connectivity index (χ0) is 15.4. The van der Waals surface area contributed by atoms with Gasteiger partial charge in [0.1, 0.15) is 0 Å². The molecule has 7 heteroatoms. The molecule has 1 fully saturated rings. The molecular formula is C14H16N2O4S. The zero-order valence-electron chi connectivity index (χ0n) is 11.8. The largest absolute Gasteiger partial charge is 0.465 e. The number of methoxy groups -OCH3 is 1. The molecule has 0 bridgehead atoms. The first kappa shape index (κ1) is 15.4. The van der Waals surface area contributed by atoms with Crippen LogP contribution in [0.4, 0.5) is 5.69 Å². The molecule has 1 heterocycles. The topological polar surface area (TPSA) is 84.5 Å². The van der Waals surface area contributed by atoms with Gasteiger partial charge in [0.2, 0.25) is 11.8 Å². The van der Waals surface area contributed by atoms with Gasteiger partial charge in [0, 0.05) is 6.42 Å². The van der Waals surface area contributed by atoms with Crippen molar-refractivity contribution < 1.29 is 19.1 Å². The Morgan fingerprint density at radius 1 is 1.48 bits per heavy atom. The van der Waals surface area contributed by atoms with E-state index in [0.29, 0.717) is 17.1 Å². The lowest BCUT2D eigenvalue weighted by molar-refractivity contribution is -0.123. The van der Waals surface area contributed by atoms with E-state index in [-0.39, 0.29) is 23.5 Å². The van der Waals surface area contributed by atoms with Crippen LogP contribution in [0.5, 0.6) is 0 Å². The van der Waals surface area contributed by atoms with Crippen LogP contribution >= 0.6 is 11.8 Å². The van der Waals surface area contributed by atoms with Crippen molar-refractivity contribution in [2.45, 2.75) is 18.6 Å². The van der Waals surface area contributed by atoms with Crippen LogP contribution in [0.25, 0.3) is 0 Å². The van der Waals surface area contributed by atoms with Gasteiger partial charge in [-0.3, -0.25) is 9.59 Å². The highest BCUT2D eigenvalue weighted by Gasteiger charge is 2.27. The second-order valence-corrected chi connectivity index (χ2v) is 5.82. The van der Waals surface area contributed by atoms with Crippen LogP contribution in [0.1, 0.15) is 22.3 Å². The first-order valence-electron chi connectivity index (χ1n) is 6.39. The van der Waals surface area contributed by atoms with E-state index in [1.807, 2.05) is 6.92 Å². The fraction of sp³-hybridized carbons (Fsp3) is 0.357. The fourth-order valence-corrected chi connectivity index (χ4v) is 2.90. The van der Waals surface area contributed by atoms with Crippen molar-refractivity contribution in [1.82, 2.24) is 5.32 Å². The van der Waals surface area contributed by atoms with E-state index in [4.69, 9.17) is 4.74 Å². The smallest absolute Gasteiger partial charge is 0.339 e. The number of carbonyl (C=O) groups is 3. The number of esters is 1. The average molecular weight is 308 g/mol. The molecule has 1 aliphatic rings. The number of ether oxygens (including phenoxy) is 1. The second-order valence-electron chi connectivity index (χ2n) is 4.63. The van der Waals surface area contributed by atoms with Crippen molar-refractivity contribution in [2.24, 2.45) is 0 Å². The Bertz CT molecular complexity index is 588. The van der Waals surface area contributed by atoms with Crippen molar-refractivity contribution in [1.29, 1.82) is 0 Å². The Balaban J connectivity index is 2.09. The number of thioether (sulfide) groups is 1. The molecule has 0 radical (unpaired) electrons. The summed E-state index contributed by atoms with van der Waals surface area (Å²) in [6, 6.07) is 5.10. The maximum absolute atomic E-state index is 12.0. The van der Waals surface area contributed by atoms with Crippen molar-refractivity contribution in [3.05, 3.63) is 29.3 Å². The van der Waals surface area contributed by atoms with Gasteiger partial charge >= 0.3 is 5.97 Å². The highest BCUT2D eigenvalue weighted by Crippen LogP contribution is 2.22. The predicted octanol–water partition coefficient (Wildman–Crippen LogP) is 1.30. The van der Waals surface area contributed by atoms with Gasteiger partial charge in [-0.15, -0.1) is 11.8 Å². The third kappa shape index (κ3) is 3.75. The Kier molecular flexibility index (Phi) is 4.85. The number of hydrogen-bond donors (Lipinski definition) is 2. The molecule has 0 aliphatic carbocycles. The lowest BCUT2D eigenvalue weighted by Crippen LogP contribution is -2.27. The summed E-state index contributed by atoms with van der Waals surface area (Å²) in [5, 5.41) is 4.94. The maximum Gasteiger partial charge on any atom is 0.339 e. The van der Waals surface area contributed by atoms with E-state index < -0.39 is 5.97 Å². The van der Waals surface area contributed by atoms with Gasteiger partial charge in [-0.2, -0.15) is 0 Å². The lowest BCUT2D eigenvalue weighted by Gasteiger charge is -2.11. The number of aryl methyl sites for hydroxylation is 1. The second kappa shape index (κ2) is 6.62. The molecule has 2 amide bonds. The zero-order valence-corrected chi connectivity index (χ0v) is 12.6. The molecule has 1 aromatic rings. The highest BCUT2D eigenvalue weighted by molar-refractivity contribution is 8.01. The first-order valence-corrected chi connectivity index (χ1v) is 7.44. The van der Waals surface area contributed by atoms with Crippen LogP contribution in [0.15, 0.2) is 18.2 Å². The summed E-state index contributed by atoms with van der Waals surface area (Å²) >= 11 is 1.39. The number of carbonyl (C=O) groups excluding carboxylic acids is 3. The van der Waals surface area contributed by atoms with E-state index in [0.717, 1.165) is 5.56 Å². The van der Waals surface area contributed by atoms with Crippen LogP contribution < -0.4 is 10.6 Å². The molecule has 1 unspecified atom stereocenters. The standard InChI is InChI=1S/C14H16N2O4S/c1-8-3-4-10(9(5-8)14(19)20-2)16-12(17)6-11-13(18)15-7-21-11/h3-5,11H,6-7H2,1-2H3,(H,15,18)(H,16,17). The number of hydrogen-bond acceptors (Lipinski definition) is 5. The molecule has 112 valence electrons. The summed E-state index contributed by atoms with van der Waals surface area (Å²) in [6.07, 6.45) is 0.0744. The van der Waals surface area contributed by atoms with Crippen molar-refractivity contribution >= 4 is 35.2 Å². The van der Waals surface area contributed by atoms with Crippen LogP contribution in [0, 0.1) is 6.92 Å². The van der Waals surface area contributed by atoms with Crippen LogP contribution in [-0.2, 0) is 14.3 Å². The van der Waals surface area contributed by atoms with Crippen molar-refractivity contribution in [3.63, 3.8) is 0 Å². The van der Waals surface area contributed by atoms with Gasteiger partial charge in [0.05, 0.1) is 29.5 Å². The van der Waals surface area contributed by atoms with Crippen molar-refractivity contribution in [3.8, 4) is 0 Å². The highest BCUT2D eigenvalue weighted by atomic mass is 32.2. The molecule has 0 spiro atoms. The minimum absolute atomic E-state index is 0.0744. The van der Waals surface area contributed by atoms with Gasteiger partial charge in [0.25, 0.3) is 0 Å². The molecule has 1 aliphatic heterocycles. The molecule has 0 aromatic heterocycles. The SMILES string of the molecule is COC(=O)c1cc(C)ccc1NC(=O)CC1SCNC1=O. The quantitative estimate of drug-likeness (QED) is 0.819. The number of anilines is 1. The molecule has 1 atom stereocenters. The summed E-state index contributed by atoms with van der Waals surface area (Å²) < 4.78 is 4.71. The summed E-state index contributed by atoms with van der Waals surface area (Å²) in [5.41, 5.74) is 1.58. The number of rotatable bonds is 4. The van der Waals surface area contributed by atoms with E-state index in [1.165, 1.54) is 18.9 Å². The number of benzene rings is 1. The van der Waals surface area contributed by atoms with Crippen molar-refractivity contribution in [2.75, 3.05) is 18.3 Å². The van der Waals surface area contributed by atoms with Gasteiger partial charge in [-0.05, 0) is 19.1 Å². The first-order chi connectivity index (χ1) is 10.0. The van der Waals surface area contributed by atoms with E-state index >= 15 is 0 Å². The average Bonchev–Trinajstić information content (AvgIpc) is 2.85. The molecule has 1 saturated heterocycles. The minimum atomic E-state index is -0.512. The van der Waals surface area contributed by atoms with E-state index in [9.17, 15) is 14.4 Å². The summed E-state index contributed by atoms with van der Waals surface area (Å²) in [7, 11) is 1.29. The minimum Gasteiger partial charge on any atom is -0.465 e. The van der Waals surface area contributed by atoms with Gasteiger partial charge in [0.15, 0.2) is 0 Å². The van der Waals surface area contributed by atoms with Gasteiger partial charge in [-0.1, -0.05) is 11.6 Å². The molecular weight excluding hydrogens is 292 g/mol. The maximum atomic E-state index is 12.0. The molecule has 2 rings (SSSR count). The Morgan fingerprint density at radius 3 is 2.86 bits per heavy atom. The summed E-state index contributed by atoms with van der Waals surface area (Å²) in [4.78, 5) is 35.2. The monoisotopic (exact) mass is 308 g/mol. The molecule has 0 saturated carbocycles. The van der Waals surface area contributed by atoms with Gasteiger partial charge in [-0.25, -0.2) is 4.79 Å². The van der Waals surface area contributed by atoms with E-state index in [1.54, 1.807) is 18.2 Å². The third-order valence-electron chi connectivity index (χ3n) is 3.05. The summed E-state index contributed by atoms with van der Waals surface area (Å²) in [5.74, 6) is -0.429.